The van der Waals surface area contributed by atoms with Gasteiger partial charge in [-0.15, -0.1) is 0 Å². The number of hydrogen-bond donors (Lipinski definition) is 2. The average Bonchev–Trinajstić information content (AvgIpc) is 2.96. The first-order chi connectivity index (χ1) is 9.15. The topological polar surface area (TPSA) is 50.1 Å². The first-order valence-electron chi connectivity index (χ1n) is 6.72. The van der Waals surface area contributed by atoms with E-state index in [9.17, 15) is 5.11 Å². The zero-order valence-corrected chi connectivity index (χ0v) is 11.7. The molecule has 1 aromatic carbocycles. The molecule has 2 N–H and O–H groups in total. The largest absolute Gasteiger partial charge is 0.392 e. The lowest BCUT2D eigenvalue weighted by molar-refractivity contribution is 0.173. The molecule has 3 rings (SSSR count). The molecule has 5 heteroatoms. The van der Waals surface area contributed by atoms with Crippen molar-refractivity contribution in [2.75, 3.05) is 6.54 Å². The lowest BCUT2D eigenvalue weighted by Gasteiger charge is -2.15. The Hall–Kier alpha value is -1.10. The third kappa shape index (κ3) is 2.48. The molecule has 2 heterocycles. The van der Waals surface area contributed by atoms with Crippen LogP contribution in [0.3, 0.4) is 0 Å². The summed E-state index contributed by atoms with van der Waals surface area (Å²) in [5.74, 6) is 1.01. The van der Waals surface area contributed by atoms with Gasteiger partial charge in [-0.05, 0) is 44.5 Å². The number of nitrogens with zero attached hydrogens (tertiary/aromatic N) is 2. The summed E-state index contributed by atoms with van der Waals surface area (Å²) in [4.78, 5) is 4.71. The minimum Gasteiger partial charge on any atom is -0.392 e. The van der Waals surface area contributed by atoms with E-state index in [1.165, 1.54) is 6.42 Å². The van der Waals surface area contributed by atoms with Crippen molar-refractivity contribution in [3.05, 3.63) is 29.0 Å². The van der Waals surface area contributed by atoms with Crippen LogP contribution in [0.5, 0.6) is 0 Å². The summed E-state index contributed by atoms with van der Waals surface area (Å²) in [6.45, 7) is 3.39. The fourth-order valence-electron chi connectivity index (χ4n) is 2.75. The van der Waals surface area contributed by atoms with Gasteiger partial charge < -0.3 is 15.0 Å². The predicted octanol–water partition coefficient (Wildman–Crippen LogP) is 2.50. The van der Waals surface area contributed by atoms with Gasteiger partial charge in [-0.1, -0.05) is 11.6 Å². The summed E-state index contributed by atoms with van der Waals surface area (Å²) in [6.07, 6.45) is 1.87. The number of nitrogens with one attached hydrogen (secondary N) is 1. The Kier molecular flexibility index (Phi) is 3.48. The van der Waals surface area contributed by atoms with E-state index in [2.05, 4.69) is 9.88 Å². The molecule has 1 aliphatic heterocycles. The molecule has 4 nitrogen and oxygen atoms in total. The van der Waals surface area contributed by atoms with Crippen LogP contribution in [0.25, 0.3) is 11.0 Å². The number of rotatable bonds is 3. The fraction of sp³-hybridized carbons (Fsp3) is 0.500. The Morgan fingerprint density at radius 1 is 1.58 bits per heavy atom. The van der Waals surface area contributed by atoms with Crippen molar-refractivity contribution in [3.8, 4) is 0 Å². The van der Waals surface area contributed by atoms with Crippen molar-refractivity contribution < 1.29 is 5.11 Å². The van der Waals surface area contributed by atoms with Gasteiger partial charge in [-0.2, -0.15) is 0 Å². The SMILES string of the molecule is CC(O)Cn1c(C2CCCN2)nc2cc(Cl)ccc21. The molecule has 19 heavy (non-hydrogen) atoms. The molecule has 2 atom stereocenters. The highest BCUT2D eigenvalue weighted by atomic mass is 35.5. The van der Waals surface area contributed by atoms with E-state index < -0.39 is 6.10 Å². The Morgan fingerprint density at radius 2 is 2.42 bits per heavy atom. The molecule has 1 aliphatic rings. The minimum atomic E-state index is -0.395. The number of halogens is 1. The van der Waals surface area contributed by atoms with Crippen LogP contribution >= 0.6 is 11.6 Å². The molecular formula is C14H18ClN3O. The van der Waals surface area contributed by atoms with Gasteiger partial charge >= 0.3 is 0 Å². The van der Waals surface area contributed by atoms with Crippen LogP contribution in [0.15, 0.2) is 18.2 Å². The van der Waals surface area contributed by atoms with Crippen LogP contribution in [0, 0.1) is 0 Å². The smallest absolute Gasteiger partial charge is 0.127 e. The summed E-state index contributed by atoms with van der Waals surface area (Å²) in [5.41, 5.74) is 1.94. The maximum atomic E-state index is 9.71. The molecule has 0 radical (unpaired) electrons. The van der Waals surface area contributed by atoms with Gasteiger partial charge in [0, 0.05) is 5.02 Å². The molecule has 0 bridgehead atoms. The van der Waals surface area contributed by atoms with E-state index in [1.54, 1.807) is 6.92 Å². The van der Waals surface area contributed by atoms with E-state index >= 15 is 0 Å². The quantitative estimate of drug-likeness (QED) is 0.908. The van der Waals surface area contributed by atoms with Gasteiger partial charge in [0.05, 0.1) is 29.7 Å². The van der Waals surface area contributed by atoms with Crippen molar-refractivity contribution in [2.45, 2.75) is 38.5 Å². The number of fused-ring (bicyclic) bond motifs is 1. The number of aliphatic hydroxyl groups is 1. The molecule has 1 fully saturated rings. The summed E-state index contributed by atoms with van der Waals surface area (Å²) in [6, 6.07) is 6.01. The zero-order chi connectivity index (χ0) is 13.4. The second kappa shape index (κ2) is 5.12. The Bertz CT molecular complexity index is 588. The number of hydrogen-bond acceptors (Lipinski definition) is 3. The van der Waals surface area contributed by atoms with E-state index in [0.29, 0.717) is 11.6 Å². The molecule has 0 saturated carbocycles. The molecule has 2 aromatic rings. The van der Waals surface area contributed by atoms with Crippen molar-refractivity contribution in [2.24, 2.45) is 0 Å². The second-order valence-electron chi connectivity index (χ2n) is 5.21. The lowest BCUT2D eigenvalue weighted by Crippen LogP contribution is -2.21. The maximum absolute atomic E-state index is 9.71. The van der Waals surface area contributed by atoms with Crippen molar-refractivity contribution in [1.29, 1.82) is 0 Å². The molecule has 102 valence electrons. The first-order valence-corrected chi connectivity index (χ1v) is 7.10. The predicted molar refractivity (Wildman–Crippen MR) is 76.4 cm³/mol. The number of imidazole rings is 1. The third-order valence-electron chi connectivity index (χ3n) is 3.56. The molecule has 1 saturated heterocycles. The summed E-state index contributed by atoms with van der Waals surface area (Å²) < 4.78 is 2.11. The van der Waals surface area contributed by atoms with Crippen LogP contribution in [0.1, 0.15) is 31.6 Å². The lowest BCUT2D eigenvalue weighted by atomic mass is 10.2. The van der Waals surface area contributed by atoms with E-state index in [-0.39, 0.29) is 6.04 Å². The van der Waals surface area contributed by atoms with Crippen molar-refractivity contribution in [3.63, 3.8) is 0 Å². The zero-order valence-electron chi connectivity index (χ0n) is 10.9. The standard InChI is InChI=1S/C14H18ClN3O/c1-9(19)8-18-13-5-4-10(15)7-12(13)17-14(18)11-3-2-6-16-11/h4-5,7,9,11,16,19H,2-3,6,8H2,1H3. The highest BCUT2D eigenvalue weighted by molar-refractivity contribution is 6.31. The van der Waals surface area contributed by atoms with Gasteiger partial charge in [0.1, 0.15) is 5.82 Å². The highest BCUT2D eigenvalue weighted by Crippen LogP contribution is 2.28. The van der Waals surface area contributed by atoms with Gasteiger partial charge in [-0.3, -0.25) is 0 Å². The van der Waals surface area contributed by atoms with Crippen LogP contribution in [-0.4, -0.2) is 27.3 Å². The number of benzene rings is 1. The van der Waals surface area contributed by atoms with Crippen molar-refractivity contribution >= 4 is 22.6 Å². The number of aliphatic hydroxyl groups excluding tert-OH is 1. The molecule has 0 aliphatic carbocycles. The molecule has 0 spiro atoms. The van der Waals surface area contributed by atoms with Gasteiger partial charge in [0.2, 0.25) is 0 Å². The maximum Gasteiger partial charge on any atom is 0.127 e. The fourth-order valence-corrected chi connectivity index (χ4v) is 2.91. The highest BCUT2D eigenvalue weighted by Gasteiger charge is 2.23. The third-order valence-corrected chi connectivity index (χ3v) is 3.79. The first kappa shape index (κ1) is 12.9. The van der Waals surface area contributed by atoms with Crippen LogP contribution in [0.2, 0.25) is 5.02 Å². The van der Waals surface area contributed by atoms with Crippen LogP contribution in [-0.2, 0) is 6.54 Å². The second-order valence-corrected chi connectivity index (χ2v) is 5.65. The molecule has 2 unspecified atom stereocenters. The molecule has 0 amide bonds. The Balaban J connectivity index is 2.12. The van der Waals surface area contributed by atoms with E-state index in [1.807, 2.05) is 18.2 Å². The minimum absolute atomic E-state index is 0.282. The van der Waals surface area contributed by atoms with Crippen LogP contribution < -0.4 is 5.32 Å². The summed E-state index contributed by atoms with van der Waals surface area (Å²) in [7, 11) is 0. The number of aromatic nitrogens is 2. The van der Waals surface area contributed by atoms with Crippen LogP contribution in [0.4, 0.5) is 0 Å². The Morgan fingerprint density at radius 3 is 3.11 bits per heavy atom. The molecular weight excluding hydrogens is 262 g/mol. The van der Waals surface area contributed by atoms with E-state index in [4.69, 9.17) is 16.6 Å². The van der Waals surface area contributed by atoms with Crippen molar-refractivity contribution in [1.82, 2.24) is 14.9 Å². The monoisotopic (exact) mass is 279 g/mol. The van der Waals surface area contributed by atoms with Gasteiger partial charge in [0.25, 0.3) is 0 Å². The summed E-state index contributed by atoms with van der Waals surface area (Å²) in [5, 5.41) is 13.9. The van der Waals surface area contributed by atoms with Gasteiger partial charge in [-0.25, -0.2) is 4.98 Å². The van der Waals surface area contributed by atoms with E-state index in [0.717, 1.165) is 29.8 Å². The summed E-state index contributed by atoms with van der Waals surface area (Å²) >= 11 is 6.03. The molecule has 1 aromatic heterocycles. The Labute approximate surface area is 117 Å². The van der Waals surface area contributed by atoms with Gasteiger partial charge in [0.15, 0.2) is 0 Å². The normalized spacial score (nSPS) is 21.1. The average molecular weight is 280 g/mol.